The molecular weight excluding hydrogens is 242 g/mol. The van der Waals surface area contributed by atoms with Crippen molar-refractivity contribution in [2.75, 3.05) is 32.1 Å². The van der Waals surface area contributed by atoms with Crippen molar-refractivity contribution < 1.29 is 5.21 Å². The smallest absolute Gasteiger partial charge is 0.190 e. The number of anilines is 1. The van der Waals surface area contributed by atoms with E-state index < -0.39 is 0 Å². The lowest BCUT2D eigenvalue weighted by atomic mass is 10.0. The fourth-order valence-corrected chi connectivity index (χ4v) is 2.52. The Kier molecular flexibility index (Phi) is 4.21. The molecule has 1 aliphatic rings. The van der Waals surface area contributed by atoms with Crippen molar-refractivity contribution in [1.29, 1.82) is 0 Å². The third-order valence-corrected chi connectivity index (χ3v) is 3.67. The molecule has 6 nitrogen and oxygen atoms in total. The van der Waals surface area contributed by atoms with Crippen LogP contribution < -0.4 is 10.6 Å². The summed E-state index contributed by atoms with van der Waals surface area (Å²) in [5.41, 5.74) is 7.17. The van der Waals surface area contributed by atoms with Gasteiger partial charge in [-0.3, -0.25) is 4.98 Å². The second-order valence-corrected chi connectivity index (χ2v) is 5.04. The van der Waals surface area contributed by atoms with Gasteiger partial charge >= 0.3 is 0 Å². The molecule has 104 valence electrons. The second kappa shape index (κ2) is 5.88. The number of nitrogens with two attached hydrogens (primary N) is 1. The lowest BCUT2D eigenvalue weighted by molar-refractivity contribution is 0.249. The molecule has 0 aromatic carbocycles. The Hall–Kier alpha value is -1.82. The maximum absolute atomic E-state index is 8.82. The van der Waals surface area contributed by atoms with Crippen molar-refractivity contribution in [3.63, 3.8) is 0 Å². The summed E-state index contributed by atoms with van der Waals surface area (Å²) in [7, 11) is 4.23. The first kappa shape index (κ1) is 13.6. The highest BCUT2D eigenvalue weighted by Crippen LogP contribution is 2.23. The molecule has 2 rings (SSSR count). The molecular formula is C13H21N5O. The van der Waals surface area contributed by atoms with Crippen molar-refractivity contribution in [2.24, 2.45) is 10.9 Å². The number of hydrogen-bond acceptors (Lipinski definition) is 5. The topological polar surface area (TPSA) is 78.0 Å². The highest BCUT2D eigenvalue weighted by molar-refractivity contribution is 6.00. The van der Waals surface area contributed by atoms with Crippen LogP contribution in [-0.4, -0.2) is 54.2 Å². The molecule has 0 spiro atoms. The van der Waals surface area contributed by atoms with Crippen molar-refractivity contribution in [3.05, 3.63) is 24.0 Å². The minimum atomic E-state index is 0.0605. The average Bonchev–Trinajstić information content (AvgIpc) is 2.46. The summed E-state index contributed by atoms with van der Waals surface area (Å²) in [6, 6.07) is 4.47. The molecule has 19 heavy (non-hydrogen) atoms. The number of rotatable bonds is 3. The lowest BCUT2D eigenvalue weighted by Crippen LogP contribution is -2.42. The molecule has 6 heteroatoms. The fourth-order valence-electron chi connectivity index (χ4n) is 2.52. The summed E-state index contributed by atoms with van der Waals surface area (Å²) in [4.78, 5) is 8.73. The van der Waals surface area contributed by atoms with E-state index in [2.05, 4.69) is 34.0 Å². The predicted octanol–water partition coefficient (Wildman–Crippen LogP) is 0.707. The van der Waals surface area contributed by atoms with Gasteiger partial charge in [0.15, 0.2) is 5.84 Å². The molecule has 0 radical (unpaired) electrons. The van der Waals surface area contributed by atoms with Crippen LogP contribution in [0, 0.1) is 0 Å². The fraction of sp³-hybridized carbons (Fsp3) is 0.538. The van der Waals surface area contributed by atoms with Gasteiger partial charge in [-0.1, -0.05) is 5.16 Å². The van der Waals surface area contributed by atoms with Crippen LogP contribution in [0.25, 0.3) is 0 Å². The van der Waals surface area contributed by atoms with Crippen LogP contribution >= 0.6 is 0 Å². The molecule has 3 N–H and O–H groups in total. The van der Waals surface area contributed by atoms with Gasteiger partial charge in [0, 0.05) is 25.3 Å². The van der Waals surface area contributed by atoms with E-state index in [4.69, 9.17) is 10.9 Å². The number of amidine groups is 1. The van der Waals surface area contributed by atoms with Gasteiger partial charge in [0.1, 0.15) is 5.69 Å². The van der Waals surface area contributed by atoms with E-state index >= 15 is 0 Å². The van der Waals surface area contributed by atoms with Crippen molar-refractivity contribution in [3.8, 4) is 0 Å². The van der Waals surface area contributed by atoms with Crippen LogP contribution in [-0.2, 0) is 0 Å². The summed E-state index contributed by atoms with van der Waals surface area (Å²) in [5.74, 6) is 0.0605. The van der Waals surface area contributed by atoms with Crippen molar-refractivity contribution in [2.45, 2.75) is 18.9 Å². The maximum atomic E-state index is 8.82. The van der Waals surface area contributed by atoms with Crippen LogP contribution in [0.5, 0.6) is 0 Å². The summed E-state index contributed by atoms with van der Waals surface area (Å²) in [6.45, 7) is 1.92. The first-order valence-corrected chi connectivity index (χ1v) is 6.47. The molecule has 0 aliphatic carbocycles. The first-order chi connectivity index (χ1) is 9.13. The molecule has 0 bridgehead atoms. The Balaban J connectivity index is 2.16. The highest BCUT2D eigenvalue weighted by Gasteiger charge is 2.23. The second-order valence-electron chi connectivity index (χ2n) is 5.04. The van der Waals surface area contributed by atoms with E-state index in [9.17, 15) is 0 Å². The minimum absolute atomic E-state index is 0.0605. The van der Waals surface area contributed by atoms with E-state index in [-0.39, 0.29) is 5.84 Å². The van der Waals surface area contributed by atoms with E-state index in [0.717, 1.165) is 31.6 Å². The van der Waals surface area contributed by atoms with Gasteiger partial charge in [-0.2, -0.15) is 0 Å². The summed E-state index contributed by atoms with van der Waals surface area (Å²) < 4.78 is 0. The van der Waals surface area contributed by atoms with E-state index in [1.54, 1.807) is 6.20 Å². The van der Waals surface area contributed by atoms with Gasteiger partial charge in [0.25, 0.3) is 0 Å². The number of pyridine rings is 1. The Morgan fingerprint density at radius 1 is 1.47 bits per heavy atom. The monoisotopic (exact) mass is 263 g/mol. The van der Waals surface area contributed by atoms with Crippen LogP contribution in [0.1, 0.15) is 18.5 Å². The van der Waals surface area contributed by atoms with Gasteiger partial charge in [0.05, 0.1) is 5.69 Å². The minimum Gasteiger partial charge on any atom is -0.409 e. The number of hydrogen-bond donors (Lipinski definition) is 2. The SMILES string of the molecule is CN(C)C1CCN(c2cccnc2/C(N)=N/O)CC1. The molecule has 0 unspecified atom stereocenters. The number of piperidine rings is 1. The predicted molar refractivity (Wildman–Crippen MR) is 75.7 cm³/mol. The Morgan fingerprint density at radius 3 is 2.74 bits per heavy atom. The van der Waals surface area contributed by atoms with Crippen LogP contribution in [0.15, 0.2) is 23.5 Å². The standard InChI is InChI=1S/C13H21N5O/c1-17(2)10-5-8-18(9-6-10)11-4-3-7-15-12(11)13(14)16-19/h3-4,7,10,19H,5-6,8-9H2,1-2H3,(H2,14,16). The molecule has 1 saturated heterocycles. The largest absolute Gasteiger partial charge is 0.409 e. The molecule has 1 aromatic heterocycles. The molecule has 0 saturated carbocycles. The van der Waals surface area contributed by atoms with E-state index in [0.29, 0.717) is 11.7 Å². The molecule has 1 aliphatic heterocycles. The van der Waals surface area contributed by atoms with Gasteiger partial charge in [-0.15, -0.1) is 0 Å². The zero-order chi connectivity index (χ0) is 13.8. The summed E-state index contributed by atoms with van der Waals surface area (Å²) in [5, 5.41) is 11.9. The average molecular weight is 263 g/mol. The van der Waals surface area contributed by atoms with Crippen molar-refractivity contribution in [1.82, 2.24) is 9.88 Å². The number of aromatic nitrogens is 1. The molecule has 1 fully saturated rings. The Morgan fingerprint density at radius 2 is 2.16 bits per heavy atom. The van der Waals surface area contributed by atoms with Gasteiger partial charge in [-0.05, 0) is 39.1 Å². The van der Waals surface area contributed by atoms with E-state index in [1.165, 1.54) is 0 Å². The number of nitrogens with zero attached hydrogens (tertiary/aromatic N) is 4. The normalized spacial score (nSPS) is 18.1. The van der Waals surface area contributed by atoms with Gasteiger partial charge in [0.2, 0.25) is 0 Å². The molecule has 2 heterocycles. The van der Waals surface area contributed by atoms with Crippen LogP contribution in [0.2, 0.25) is 0 Å². The van der Waals surface area contributed by atoms with E-state index in [1.807, 2.05) is 12.1 Å². The third-order valence-electron chi connectivity index (χ3n) is 3.67. The highest BCUT2D eigenvalue weighted by atomic mass is 16.4. The Bertz CT molecular complexity index is 452. The Labute approximate surface area is 113 Å². The van der Waals surface area contributed by atoms with Crippen LogP contribution in [0.3, 0.4) is 0 Å². The lowest BCUT2D eigenvalue weighted by Gasteiger charge is -2.36. The van der Waals surface area contributed by atoms with Crippen molar-refractivity contribution >= 4 is 11.5 Å². The van der Waals surface area contributed by atoms with Gasteiger partial charge in [-0.25, -0.2) is 0 Å². The molecule has 1 aromatic rings. The molecule has 0 atom stereocenters. The maximum Gasteiger partial charge on any atom is 0.190 e. The quantitative estimate of drug-likeness (QED) is 0.363. The molecule has 0 amide bonds. The number of oxime groups is 1. The van der Waals surface area contributed by atoms with Gasteiger partial charge < -0.3 is 20.7 Å². The zero-order valence-electron chi connectivity index (χ0n) is 11.5. The first-order valence-electron chi connectivity index (χ1n) is 6.47. The van der Waals surface area contributed by atoms with Crippen LogP contribution in [0.4, 0.5) is 5.69 Å². The zero-order valence-corrected chi connectivity index (χ0v) is 11.5. The summed E-state index contributed by atoms with van der Waals surface area (Å²) >= 11 is 0. The summed E-state index contributed by atoms with van der Waals surface area (Å²) in [6.07, 6.45) is 3.87. The third kappa shape index (κ3) is 2.96.